The second kappa shape index (κ2) is 4.39. The van der Waals surface area contributed by atoms with Gasteiger partial charge in [-0.15, -0.1) is 6.58 Å². The van der Waals surface area contributed by atoms with Gasteiger partial charge >= 0.3 is 5.97 Å². The highest BCUT2D eigenvalue weighted by Gasteiger charge is 2.37. The fourth-order valence-electron chi connectivity index (χ4n) is 0.969. The summed E-state index contributed by atoms with van der Waals surface area (Å²) in [6, 6.07) is 0. The van der Waals surface area contributed by atoms with E-state index in [2.05, 4.69) is 6.58 Å². The molecule has 0 aromatic carbocycles. The lowest BCUT2D eigenvalue weighted by atomic mass is 10.0. The van der Waals surface area contributed by atoms with E-state index in [4.69, 9.17) is 14.2 Å². The molecule has 0 aliphatic carbocycles. The molecule has 0 atom stereocenters. The maximum atomic E-state index is 10.9. The predicted molar refractivity (Wildman–Crippen MR) is 46.3 cm³/mol. The molecule has 1 aliphatic rings. The molecule has 13 heavy (non-hydrogen) atoms. The molecule has 0 radical (unpaired) electrons. The Morgan fingerprint density at radius 1 is 1.69 bits per heavy atom. The molecule has 0 aromatic heterocycles. The highest BCUT2D eigenvalue weighted by molar-refractivity contribution is 5.70. The van der Waals surface area contributed by atoms with Gasteiger partial charge in [0.2, 0.25) is 0 Å². The lowest BCUT2D eigenvalue weighted by Crippen LogP contribution is -2.50. The summed E-state index contributed by atoms with van der Waals surface area (Å²) in [5.74, 6) is -0.351. The second-order valence-electron chi connectivity index (χ2n) is 2.86. The summed E-state index contributed by atoms with van der Waals surface area (Å²) in [6.45, 7) is 6.65. The van der Waals surface area contributed by atoms with Crippen LogP contribution >= 0.6 is 0 Å². The summed E-state index contributed by atoms with van der Waals surface area (Å²) in [5, 5.41) is 0. The Hall–Kier alpha value is -0.870. The fraction of sp³-hybridized carbons (Fsp3) is 0.667. The van der Waals surface area contributed by atoms with Gasteiger partial charge in [-0.1, -0.05) is 6.08 Å². The maximum absolute atomic E-state index is 10.9. The van der Waals surface area contributed by atoms with E-state index in [0.717, 1.165) is 0 Å². The van der Waals surface area contributed by atoms with Crippen molar-refractivity contribution >= 4 is 5.97 Å². The molecule has 0 bridgehead atoms. The first kappa shape index (κ1) is 10.2. The standard InChI is InChI=1S/C9H14O4/c1-3-9(6-11-7-9)13-5-8(10)12-4-2/h3H,1,4-7H2,2H3. The van der Waals surface area contributed by atoms with E-state index in [1.807, 2.05) is 0 Å². The number of ether oxygens (including phenoxy) is 3. The molecular weight excluding hydrogens is 172 g/mol. The first-order valence-corrected chi connectivity index (χ1v) is 4.23. The Balaban J connectivity index is 2.24. The zero-order valence-electron chi connectivity index (χ0n) is 7.75. The number of carbonyl (C=O) groups excluding carboxylic acids is 1. The smallest absolute Gasteiger partial charge is 0.332 e. The lowest BCUT2D eigenvalue weighted by Gasteiger charge is -2.37. The molecule has 4 nitrogen and oxygen atoms in total. The third-order valence-electron chi connectivity index (χ3n) is 1.85. The van der Waals surface area contributed by atoms with E-state index in [0.29, 0.717) is 19.8 Å². The van der Waals surface area contributed by atoms with Gasteiger partial charge in [0.15, 0.2) is 0 Å². The van der Waals surface area contributed by atoms with Crippen molar-refractivity contribution < 1.29 is 19.0 Å². The van der Waals surface area contributed by atoms with Gasteiger partial charge in [0, 0.05) is 0 Å². The van der Waals surface area contributed by atoms with Gasteiger partial charge < -0.3 is 14.2 Å². The summed E-state index contributed by atoms with van der Waals surface area (Å²) >= 11 is 0. The van der Waals surface area contributed by atoms with E-state index in [1.54, 1.807) is 13.0 Å². The number of hydrogen-bond acceptors (Lipinski definition) is 4. The van der Waals surface area contributed by atoms with Crippen LogP contribution in [-0.2, 0) is 19.0 Å². The van der Waals surface area contributed by atoms with Crippen LogP contribution in [0.2, 0.25) is 0 Å². The summed E-state index contributed by atoms with van der Waals surface area (Å²) in [5.41, 5.74) is -0.466. The zero-order valence-corrected chi connectivity index (χ0v) is 7.75. The molecule has 1 fully saturated rings. The highest BCUT2D eigenvalue weighted by atomic mass is 16.6. The summed E-state index contributed by atoms with van der Waals surface area (Å²) in [7, 11) is 0. The van der Waals surface area contributed by atoms with Crippen molar-refractivity contribution in [2.24, 2.45) is 0 Å². The van der Waals surface area contributed by atoms with Crippen LogP contribution in [0.25, 0.3) is 0 Å². The van der Waals surface area contributed by atoms with Gasteiger partial charge in [0.25, 0.3) is 0 Å². The van der Waals surface area contributed by atoms with E-state index in [1.165, 1.54) is 0 Å². The largest absolute Gasteiger partial charge is 0.464 e. The van der Waals surface area contributed by atoms with Crippen molar-refractivity contribution in [3.8, 4) is 0 Å². The number of esters is 1. The minimum absolute atomic E-state index is 0.0385. The molecule has 74 valence electrons. The van der Waals surface area contributed by atoms with E-state index < -0.39 is 5.60 Å². The maximum Gasteiger partial charge on any atom is 0.332 e. The predicted octanol–water partition coefficient (Wildman–Crippen LogP) is 0.521. The molecule has 1 saturated heterocycles. The molecule has 1 heterocycles. The Labute approximate surface area is 77.5 Å². The minimum atomic E-state index is -0.466. The number of carbonyl (C=O) groups is 1. The topological polar surface area (TPSA) is 44.8 Å². The van der Waals surface area contributed by atoms with Crippen LogP contribution in [-0.4, -0.2) is 38.0 Å². The summed E-state index contributed by atoms with van der Waals surface area (Å²) in [4.78, 5) is 10.9. The molecule has 0 aromatic rings. The van der Waals surface area contributed by atoms with Gasteiger partial charge in [-0.2, -0.15) is 0 Å². The van der Waals surface area contributed by atoms with Gasteiger partial charge in [-0.3, -0.25) is 0 Å². The zero-order chi connectivity index (χ0) is 9.73. The third-order valence-corrected chi connectivity index (χ3v) is 1.85. The molecular formula is C9H14O4. The highest BCUT2D eigenvalue weighted by Crippen LogP contribution is 2.22. The summed E-state index contributed by atoms with van der Waals surface area (Å²) < 4.78 is 15.0. The monoisotopic (exact) mass is 186 g/mol. The first-order valence-electron chi connectivity index (χ1n) is 4.23. The molecule has 0 unspecified atom stereocenters. The van der Waals surface area contributed by atoms with E-state index in [-0.39, 0.29) is 12.6 Å². The van der Waals surface area contributed by atoms with Crippen molar-refractivity contribution in [3.05, 3.63) is 12.7 Å². The number of hydrogen-bond donors (Lipinski definition) is 0. The quantitative estimate of drug-likeness (QED) is 0.464. The van der Waals surface area contributed by atoms with E-state index in [9.17, 15) is 4.79 Å². The molecule has 1 aliphatic heterocycles. The van der Waals surface area contributed by atoms with Gasteiger partial charge in [0.05, 0.1) is 19.8 Å². The van der Waals surface area contributed by atoms with Crippen molar-refractivity contribution in [1.29, 1.82) is 0 Å². The molecule has 4 heteroatoms. The van der Waals surface area contributed by atoms with Crippen LogP contribution in [0.5, 0.6) is 0 Å². The molecule has 0 saturated carbocycles. The average Bonchev–Trinajstić information content (AvgIpc) is 2.04. The van der Waals surface area contributed by atoms with Crippen molar-refractivity contribution in [1.82, 2.24) is 0 Å². The Kier molecular flexibility index (Phi) is 3.45. The van der Waals surface area contributed by atoms with Crippen LogP contribution in [0.15, 0.2) is 12.7 Å². The first-order chi connectivity index (χ1) is 6.22. The van der Waals surface area contributed by atoms with Crippen molar-refractivity contribution in [3.63, 3.8) is 0 Å². The summed E-state index contributed by atoms with van der Waals surface area (Å²) in [6.07, 6.45) is 1.66. The minimum Gasteiger partial charge on any atom is -0.464 e. The lowest BCUT2D eigenvalue weighted by molar-refractivity contribution is -0.192. The van der Waals surface area contributed by atoms with Crippen LogP contribution < -0.4 is 0 Å². The van der Waals surface area contributed by atoms with Crippen LogP contribution in [0.4, 0.5) is 0 Å². The Morgan fingerprint density at radius 2 is 2.38 bits per heavy atom. The van der Waals surface area contributed by atoms with Crippen molar-refractivity contribution in [2.45, 2.75) is 12.5 Å². The van der Waals surface area contributed by atoms with Gasteiger partial charge in [-0.25, -0.2) is 4.79 Å². The second-order valence-corrected chi connectivity index (χ2v) is 2.86. The third kappa shape index (κ3) is 2.54. The fourth-order valence-corrected chi connectivity index (χ4v) is 0.969. The Bertz CT molecular complexity index is 196. The average molecular weight is 186 g/mol. The SMILES string of the molecule is C=CC1(OCC(=O)OCC)COC1. The Morgan fingerprint density at radius 3 is 2.77 bits per heavy atom. The van der Waals surface area contributed by atoms with Crippen LogP contribution in [0, 0.1) is 0 Å². The van der Waals surface area contributed by atoms with E-state index >= 15 is 0 Å². The van der Waals surface area contributed by atoms with Gasteiger partial charge in [0.1, 0.15) is 12.2 Å². The van der Waals surface area contributed by atoms with Gasteiger partial charge in [-0.05, 0) is 6.92 Å². The normalized spacial score (nSPS) is 18.8. The van der Waals surface area contributed by atoms with Crippen LogP contribution in [0.1, 0.15) is 6.92 Å². The van der Waals surface area contributed by atoms with Crippen LogP contribution in [0.3, 0.4) is 0 Å². The molecule has 0 amide bonds. The number of rotatable bonds is 5. The molecule has 1 rings (SSSR count). The van der Waals surface area contributed by atoms with Crippen molar-refractivity contribution in [2.75, 3.05) is 26.4 Å². The molecule has 0 N–H and O–H groups in total. The molecule has 0 spiro atoms.